The Morgan fingerprint density at radius 1 is 0.885 bits per heavy atom. The van der Waals surface area contributed by atoms with E-state index in [2.05, 4.69) is 15.5 Å². The number of anilines is 1. The molecule has 6 nitrogen and oxygen atoms in total. The Bertz CT molecular complexity index is 1080. The largest absolute Gasteiger partial charge is 0.277 e. The summed E-state index contributed by atoms with van der Waals surface area (Å²) in [6.07, 6.45) is 1.63. The number of para-hydroxylation sites is 2. The highest BCUT2D eigenvalue weighted by molar-refractivity contribution is 6.07. The van der Waals surface area contributed by atoms with Gasteiger partial charge in [0.1, 0.15) is 0 Å². The molecular weight excluding hydrogens is 328 g/mol. The first-order valence-electron chi connectivity index (χ1n) is 8.03. The molecule has 0 amide bonds. The number of nitrogens with one attached hydrogen (secondary N) is 1. The van der Waals surface area contributed by atoms with Crippen LogP contribution in [0, 0.1) is 10.1 Å². The molecule has 0 aliphatic heterocycles. The molecular formula is C20H14N4O2. The summed E-state index contributed by atoms with van der Waals surface area (Å²) in [5.41, 5.74) is 6.59. The van der Waals surface area contributed by atoms with Crippen molar-refractivity contribution >= 4 is 39.4 Å². The van der Waals surface area contributed by atoms with Gasteiger partial charge in [0.25, 0.3) is 5.69 Å². The van der Waals surface area contributed by atoms with E-state index in [-0.39, 0.29) is 5.69 Å². The first kappa shape index (κ1) is 15.7. The van der Waals surface area contributed by atoms with Crippen molar-refractivity contribution in [3.63, 3.8) is 0 Å². The van der Waals surface area contributed by atoms with Gasteiger partial charge in [-0.25, -0.2) is 4.98 Å². The first-order chi connectivity index (χ1) is 12.7. The molecule has 0 saturated carbocycles. The lowest BCUT2D eigenvalue weighted by atomic mass is 10.1. The van der Waals surface area contributed by atoms with Crippen molar-refractivity contribution in [2.75, 3.05) is 5.43 Å². The summed E-state index contributed by atoms with van der Waals surface area (Å²) in [6, 6.07) is 22.0. The van der Waals surface area contributed by atoms with Crippen molar-refractivity contribution in [2.45, 2.75) is 0 Å². The molecule has 26 heavy (non-hydrogen) atoms. The van der Waals surface area contributed by atoms with E-state index in [1.807, 2.05) is 48.5 Å². The quantitative estimate of drug-likeness (QED) is 0.251. The molecule has 126 valence electrons. The van der Waals surface area contributed by atoms with Crippen LogP contribution in [0.25, 0.3) is 21.8 Å². The van der Waals surface area contributed by atoms with Gasteiger partial charge in [0, 0.05) is 22.9 Å². The predicted molar refractivity (Wildman–Crippen MR) is 104 cm³/mol. The van der Waals surface area contributed by atoms with Gasteiger partial charge in [0.05, 0.1) is 27.9 Å². The zero-order valence-electron chi connectivity index (χ0n) is 13.7. The van der Waals surface area contributed by atoms with Crippen LogP contribution in [0.15, 0.2) is 77.9 Å². The van der Waals surface area contributed by atoms with Crippen LogP contribution in [-0.2, 0) is 0 Å². The maximum atomic E-state index is 10.7. The standard InChI is InChI=1S/C20H14N4O2/c25-24(26)15-11-9-14(10-12-15)13-21-23-20-16-5-1-3-7-18(16)22-19-8-4-2-6-17(19)20/h1-13H,(H,22,23). The third-order valence-electron chi connectivity index (χ3n) is 4.08. The fourth-order valence-electron chi connectivity index (χ4n) is 2.81. The third kappa shape index (κ3) is 2.95. The fourth-order valence-corrected chi connectivity index (χ4v) is 2.81. The molecule has 0 bridgehead atoms. The molecule has 0 saturated heterocycles. The topological polar surface area (TPSA) is 80.4 Å². The van der Waals surface area contributed by atoms with Crippen LogP contribution in [0.5, 0.6) is 0 Å². The third-order valence-corrected chi connectivity index (χ3v) is 4.08. The van der Waals surface area contributed by atoms with Crippen molar-refractivity contribution in [3.05, 3.63) is 88.5 Å². The maximum Gasteiger partial charge on any atom is 0.269 e. The molecule has 0 unspecified atom stereocenters. The zero-order valence-corrected chi connectivity index (χ0v) is 13.7. The Morgan fingerprint density at radius 3 is 2.04 bits per heavy atom. The van der Waals surface area contributed by atoms with E-state index in [0.29, 0.717) is 0 Å². The molecule has 0 aliphatic carbocycles. The Labute approximate surface area is 149 Å². The number of hydrogen-bond donors (Lipinski definition) is 1. The molecule has 0 radical (unpaired) electrons. The summed E-state index contributed by atoms with van der Waals surface area (Å²) < 4.78 is 0. The summed E-state index contributed by atoms with van der Waals surface area (Å²) >= 11 is 0. The van der Waals surface area contributed by atoms with Gasteiger partial charge in [-0.1, -0.05) is 36.4 Å². The number of benzene rings is 3. The van der Waals surface area contributed by atoms with Crippen molar-refractivity contribution < 1.29 is 4.92 Å². The van der Waals surface area contributed by atoms with Crippen LogP contribution in [0.1, 0.15) is 5.56 Å². The number of non-ortho nitro benzene ring substituents is 1. The van der Waals surface area contributed by atoms with Crippen molar-refractivity contribution in [1.29, 1.82) is 0 Å². The molecule has 0 fully saturated rings. The average molecular weight is 342 g/mol. The molecule has 1 aromatic heterocycles. The molecule has 4 aromatic rings. The number of hydrazone groups is 1. The van der Waals surface area contributed by atoms with E-state index in [0.717, 1.165) is 33.1 Å². The van der Waals surface area contributed by atoms with Gasteiger partial charge in [-0.05, 0) is 29.8 Å². The Hall–Kier alpha value is -3.80. The van der Waals surface area contributed by atoms with E-state index >= 15 is 0 Å². The van der Waals surface area contributed by atoms with Crippen LogP contribution in [-0.4, -0.2) is 16.1 Å². The Morgan fingerprint density at radius 2 is 1.46 bits per heavy atom. The van der Waals surface area contributed by atoms with Gasteiger partial charge in [-0.15, -0.1) is 0 Å². The lowest BCUT2D eigenvalue weighted by Crippen LogP contribution is -1.95. The second kappa shape index (κ2) is 6.60. The van der Waals surface area contributed by atoms with Crippen LogP contribution >= 0.6 is 0 Å². The average Bonchev–Trinajstić information content (AvgIpc) is 2.68. The highest BCUT2D eigenvalue weighted by Gasteiger charge is 2.07. The monoisotopic (exact) mass is 342 g/mol. The van der Waals surface area contributed by atoms with Crippen molar-refractivity contribution in [2.24, 2.45) is 5.10 Å². The van der Waals surface area contributed by atoms with Gasteiger partial charge in [-0.3, -0.25) is 15.5 Å². The second-order valence-electron chi connectivity index (χ2n) is 5.74. The van der Waals surface area contributed by atoms with Gasteiger partial charge in [-0.2, -0.15) is 5.10 Å². The van der Waals surface area contributed by atoms with Gasteiger partial charge >= 0.3 is 0 Å². The first-order valence-corrected chi connectivity index (χ1v) is 8.03. The summed E-state index contributed by atoms with van der Waals surface area (Å²) in [4.78, 5) is 15.0. The molecule has 1 heterocycles. The van der Waals surface area contributed by atoms with E-state index in [1.165, 1.54) is 12.1 Å². The minimum absolute atomic E-state index is 0.0567. The number of nitro benzene ring substituents is 1. The van der Waals surface area contributed by atoms with E-state index in [4.69, 9.17) is 0 Å². The van der Waals surface area contributed by atoms with Crippen molar-refractivity contribution in [3.8, 4) is 0 Å². The van der Waals surface area contributed by atoms with Crippen LogP contribution in [0.3, 0.4) is 0 Å². The minimum Gasteiger partial charge on any atom is -0.277 e. The smallest absolute Gasteiger partial charge is 0.269 e. The lowest BCUT2D eigenvalue weighted by molar-refractivity contribution is -0.384. The lowest BCUT2D eigenvalue weighted by Gasteiger charge is -2.09. The summed E-state index contributed by atoms with van der Waals surface area (Å²) in [6.45, 7) is 0. The van der Waals surface area contributed by atoms with E-state index < -0.39 is 4.92 Å². The normalized spacial score (nSPS) is 11.2. The minimum atomic E-state index is -0.422. The molecule has 4 rings (SSSR count). The number of rotatable bonds is 4. The second-order valence-corrected chi connectivity index (χ2v) is 5.74. The van der Waals surface area contributed by atoms with Crippen LogP contribution in [0.2, 0.25) is 0 Å². The summed E-state index contributed by atoms with van der Waals surface area (Å²) in [7, 11) is 0. The van der Waals surface area contributed by atoms with Crippen LogP contribution in [0.4, 0.5) is 11.4 Å². The van der Waals surface area contributed by atoms with Crippen LogP contribution < -0.4 is 5.43 Å². The SMILES string of the molecule is O=[N+]([O-])c1ccc(C=NNc2c3ccccc3nc3ccccc23)cc1. The molecule has 6 heteroatoms. The summed E-state index contributed by atoms with van der Waals surface area (Å²) in [5.74, 6) is 0. The number of aromatic nitrogens is 1. The van der Waals surface area contributed by atoms with Gasteiger partial charge < -0.3 is 0 Å². The van der Waals surface area contributed by atoms with E-state index in [1.54, 1.807) is 18.3 Å². The molecule has 3 aromatic carbocycles. The predicted octanol–water partition coefficient (Wildman–Crippen LogP) is 4.74. The van der Waals surface area contributed by atoms with Gasteiger partial charge in [0.15, 0.2) is 0 Å². The number of pyridine rings is 1. The Kier molecular flexibility index (Phi) is 3.99. The van der Waals surface area contributed by atoms with E-state index in [9.17, 15) is 10.1 Å². The number of nitrogens with zero attached hydrogens (tertiary/aromatic N) is 3. The Balaban J connectivity index is 1.70. The number of fused-ring (bicyclic) bond motifs is 2. The maximum absolute atomic E-state index is 10.7. The fraction of sp³-hybridized carbons (Fsp3) is 0. The highest BCUT2D eigenvalue weighted by atomic mass is 16.6. The number of hydrogen-bond acceptors (Lipinski definition) is 5. The molecule has 0 aliphatic rings. The molecule has 0 atom stereocenters. The highest BCUT2D eigenvalue weighted by Crippen LogP contribution is 2.30. The van der Waals surface area contributed by atoms with Gasteiger partial charge in [0.2, 0.25) is 0 Å². The number of nitro groups is 1. The zero-order chi connectivity index (χ0) is 17.9. The van der Waals surface area contributed by atoms with Crippen molar-refractivity contribution in [1.82, 2.24) is 4.98 Å². The summed E-state index contributed by atoms with van der Waals surface area (Å²) in [5, 5.41) is 17.0. The molecule has 0 spiro atoms. The molecule has 1 N–H and O–H groups in total.